The molecule has 2 amide bonds. The Balaban J connectivity index is 1.97. The predicted molar refractivity (Wildman–Crippen MR) is 92.4 cm³/mol. The van der Waals surface area contributed by atoms with Crippen molar-refractivity contribution >= 4 is 29.5 Å². The van der Waals surface area contributed by atoms with Crippen LogP contribution in [0.15, 0.2) is 42.5 Å². The van der Waals surface area contributed by atoms with Crippen LogP contribution in [0.1, 0.15) is 20.7 Å². The van der Waals surface area contributed by atoms with Gasteiger partial charge in [-0.3, -0.25) is 24.5 Å². The second-order valence-corrected chi connectivity index (χ2v) is 5.09. The molecule has 134 valence electrons. The number of benzene rings is 2. The standard InChI is InChI=1S/C17H15N3O6/c1-18-17(23)11-2-4-13(5-3-11)19-16(22)10-26-15-7-6-14(20(24)25)8-12(15)9-21/h2-9H,10H2,1H3,(H,18,23)(H,19,22). The molecule has 0 saturated heterocycles. The quantitative estimate of drug-likeness (QED) is 0.442. The molecular weight excluding hydrogens is 342 g/mol. The molecule has 0 spiro atoms. The first-order valence-electron chi connectivity index (χ1n) is 7.43. The number of aldehydes is 1. The lowest BCUT2D eigenvalue weighted by Gasteiger charge is -2.09. The van der Waals surface area contributed by atoms with Crippen molar-refractivity contribution in [2.75, 3.05) is 19.0 Å². The highest BCUT2D eigenvalue weighted by molar-refractivity contribution is 5.96. The largest absolute Gasteiger partial charge is 0.483 e. The molecule has 0 fully saturated rings. The van der Waals surface area contributed by atoms with E-state index in [1.165, 1.54) is 19.2 Å². The first-order chi connectivity index (χ1) is 12.4. The van der Waals surface area contributed by atoms with E-state index < -0.39 is 17.4 Å². The van der Waals surface area contributed by atoms with Crippen LogP contribution in [-0.4, -0.2) is 36.7 Å². The van der Waals surface area contributed by atoms with E-state index >= 15 is 0 Å². The molecule has 26 heavy (non-hydrogen) atoms. The van der Waals surface area contributed by atoms with E-state index in [1.54, 1.807) is 24.3 Å². The predicted octanol–water partition coefficient (Wildman–Crippen LogP) is 1.78. The van der Waals surface area contributed by atoms with Crippen LogP contribution in [0.2, 0.25) is 0 Å². The number of hydrogen-bond acceptors (Lipinski definition) is 6. The second-order valence-electron chi connectivity index (χ2n) is 5.09. The number of rotatable bonds is 7. The molecule has 0 aliphatic carbocycles. The summed E-state index contributed by atoms with van der Waals surface area (Å²) in [6.45, 7) is -0.393. The molecular formula is C17H15N3O6. The Bertz CT molecular complexity index is 848. The minimum Gasteiger partial charge on any atom is -0.483 e. The minimum atomic E-state index is -0.633. The molecule has 9 nitrogen and oxygen atoms in total. The fourth-order valence-electron chi connectivity index (χ4n) is 2.06. The Morgan fingerprint density at radius 3 is 2.46 bits per heavy atom. The highest BCUT2D eigenvalue weighted by Crippen LogP contribution is 2.22. The Labute approximate surface area is 148 Å². The maximum atomic E-state index is 11.9. The maximum Gasteiger partial charge on any atom is 0.270 e. The number of carbonyl (C=O) groups excluding carboxylic acids is 3. The molecule has 9 heteroatoms. The summed E-state index contributed by atoms with van der Waals surface area (Å²) in [5.74, 6) is -0.672. The number of hydrogen-bond donors (Lipinski definition) is 2. The van der Waals surface area contributed by atoms with Gasteiger partial charge in [0.1, 0.15) is 5.75 Å². The summed E-state index contributed by atoms with van der Waals surface area (Å²) in [5, 5.41) is 15.8. The van der Waals surface area contributed by atoms with E-state index in [-0.39, 0.29) is 22.9 Å². The van der Waals surface area contributed by atoms with Gasteiger partial charge in [-0.1, -0.05) is 0 Å². The molecule has 0 aliphatic heterocycles. The van der Waals surface area contributed by atoms with Gasteiger partial charge in [-0.25, -0.2) is 0 Å². The van der Waals surface area contributed by atoms with E-state index in [4.69, 9.17) is 4.74 Å². The Morgan fingerprint density at radius 2 is 1.88 bits per heavy atom. The van der Waals surface area contributed by atoms with Gasteiger partial charge in [-0.15, -0.1) is 0 Å². The number of nitro benzene ring substituents is 1. The summed E-state index contributed by atoms with van der Waals surface area (Å²) < 4.78 is 5.25. The molecule has 0 unspecified atom stereocenters. The lowest BCUT2D eigenvalue weighted by Crippen LogP contribution is -2.21. The number of nitrogens with zero attached hydrogens (tertiary/aromatic N) is 1. The minimum absolute atomic E-state index is 0.0260. The number of nitrogens with one attached hydrogen (secondary N) is 2. The first kappa shape index (κ1) is 18.6. The SMILES string of the molecule is CNC(=O)c1ccc(NC(=O)COc2ccc([N+](=O)[O-])cc2C=O)cc1. The Hall–Kier alpha value is -3.75. The summed E-state index contributed by atoms with van der Waals surface area (Å²) in [7, 11) is 1.52. The van der Waals surface area contributed by atoms with Gasteiger partial charge in [0.2, 0.25) is 0 Å². The number of anilines is 1. The van der Waals surface area contributed by atoms with Gasteiger partial charge >= 0.3 is 0 Å². The van der Waals surface area contributed by atoms with Crippen molar-refractivity contribution in [1.29, 1.82) is 0 Å². The zero-order valence-electron chi connectivity index (χ0n) is 13.7. The van der Waals surface area contributed by atoms with Crippen molar-refractivity contribution in [3.63, 3.8) is 0 Å². The van der Waals surface area contributed by atoms with Crippen molar-refractivity contribution in [2.45, 2.75) is 0 Å². The number of non-ortho nitro benzene ring substituents is 1. The van der Waals surface area contributed by atoms with Crippen LogP contribution in [0.3, 0.4) is 0 Å². The first-order valence-corrected chi connectivity index (χ1v) is 7.43. The van der Waals surface area contributed by atoms with Crippen LogP contribution in [-0.2, 0) is 4.79 Å². The Kier molecular flexibility index (Phi) is 5.99. The topological polar surface area (TPSA) is 128 Å². The third-order valence-corrected chi connectivity index (χ3v) is 3.35. The van der Waals surface area contributed by atoms with E-state index in [0.717, 1.165) is 6.07 Å². The fraction of sp³-hybridized carbons (Fsp3) is 0.118. The zero-order valence-corrected chi connectivity index (χ0v) is 13.7. The van der Waals surface area contributed by atoms with Crippen LogP contribution in [0.25, 0.3) is 0 Å². The van der Waals surface area contributed by atoms with Crippen LogP contribution in [0.4, 0.5) is 11.4 Å². The molecule has 0 radical (unpaired) electrons. The van der Waals surface area contributed by atoms with E-state index in [1.807, 2.05) is 0 Å². The zero-order chi connectivity index (χ0) is 19.1. The third kappa shape index (κ3) is 4.63. The lowest BCUT2D eigenvalue weighted by molar-refractivity contribution is -0.384. The van der Waals surface area contributed by atoms with Gasteiger partial charge in [0.15, 0.2) is 12.9 Å². The highest BCUT2D eigenvalue weighted by atomic mass is 16.6. The van der Waals surface area contributed by atoms with E-state index in [2.05, 4.69) is 10.6 Å². The van der Waals surface area contributed by atoms with Crippen LogP contribution < -0.4 is 15.4 Å². The van der Waals surface area contributed by atoms with E-state index in [0.29, 0.717) is 17.5 Å². The molecule has 0 saturated carbocycles. The summed E-state index contributed by atoms with van der Waals surface area (Å²) >= 11 is 0. The van der Waals surface area contributed by atoms with Crippen LogP contribution in [0.5, 0.6) is 5.75 Å². The average molecular weight is 357 g/mol. The van der Waals surface area contributed by atoms with Gasteiger partial charge in [-0.05, 0) is 30.3 Å². The van der Waals surface area contributed by atoms with Crippen LogP contribution >= 0.6 is 0 Å². The molecule has 2 aromatic rings. The Morgan fingerprint density at radius 1 is 1.19 bits per heavy atom. The number of ether oxygens (including phenoxy) is 1. The van der Waals surface area contributed by atoms with Crippen molar-refractivity contribution in [1.82, 2.24) is 5.32 Å². The maximum absolute atomic E-state index is 11.9. The van der Waals surface area contributed by atoms with Gasteiger partial charge < -0.3 is 15.4 Å². The summed E-state index contributed by atoms with van der Waals surface area (Å²) in [5.41, 5.74) is 0.635. The lowest BCUT2D eigenvalue weighted by atomic mass is 10.2. The monoisotopic (exact) mass is 357 g/mol. The molecule has 0 aromatic heterocycles. The number of carbonyl (C=O) groups is 3. The van der Waals surface area contributed by atoms with Crippen molar-refractivity contribution in [2.24, 2.45) is 0 Å². The molecule has 0 bridgehead atoms. The molecule has 2 aromatic carbocycles. The normalized spacial score (nSPS) is 9.88. The van der Waals surface area contributed by atoms with Gasteiger partial charge in [0, 0.05) is 30.4 Å². The average Bonchev–Trinajstić information content (AvgIpc) is 2.66. The van der Waals surface area contributed by atoms with E-state index in [9.17, 15) is 24.5 Å². The second kappa shape index (κ2) is 8.38. The fourth-order valence-corrected chi connectivity index (χ4v) is 2.06. The number of amides is 2. The third-order valence-electron chi connectivity index (χ3n) is 3.35. The molecule has 0 atom stereocenters. The molecule has 2 rings (SSSR count). The molecule has 0 heterocycles. The van der Waals surface area contributed by atoms with Gasteiger partial charge in [-0.2, -0.15) is 0 Å². The molecule has 0 aliphatic rings. The van der Waals surface area contributed by atoms with Crippen molar-refractivity contribution < 1.29 is 24.0 Å². The van der Waals surface area contributed by atoms with Crippen LogP contribution in [0, 0.1) is 10.1 Å². The highest BCUT2D eigenvalue weighted by Gasteiger charge is 2.13. The smallest absolute Gasteiger partial charge is 0.270 e. The number of nitro groups is 1. The van der Waals surface area contributed by atoms with Crippen molar-refractivity contribution in [3.05, 3.63) is 63.7 Å². The summed E-state index contributed by atoms with van der Waals surface area (Å²) in [6.07, 6.45) is 0.414. The molecule has 2 N–H and O–H groups in total. The van der Waals surface area contributed by atoms with Gasteiger partial charge in [0.05, 0.1) is 10.5 Å². The van der Waals surface area contributed by atoms with Crippen molar-refractivity contribution in [3.8, 4) is 5.75 Å². The summed E-state index contributed by atoms with van der Waals surface area (Å²) in [6, 6.07) is 9.73. The van der Waals surface area contributed by atoms with Gasteiger partial charge in [0.25, 0.3) is 17.5 Å². The summed E-state index contributed by atoms with van der Waals surface area (Å²) in [4.78, 5) is 44.4.